The van der Waals surface area contributed by atoms with Crippen molar-refractivity contribution in [2.75, 3.05) is 36.0 Å². The van der Waals surface area contributed by atoms with Crippen LogP contribution in [-0.2, 0) is 0 Å². The smallest absolute Gasteiger partial charge is 0.171 e. The Bertz CT molecular complexity index is 319. The molecular weight excluding hydrogens is 200 g/mol. The van der Waals surface area contributed by atoms with Gasteiger partial charge in [0.1, 0.15) is 0 Å². The molecule has 2 aliphatic heterocycles. The summed E-state index contributed by atoms with van der Waals surface area (Å²) in [5.74, 6) is 2.20. The van der Waals surface area contributed by atoms with Crippen molar-refractivity contribution in [2.24, 2.45) is 0 Å². The zero-order valence-corrected chi connectivity index (χ0v) is 9.60. The molecule has 2 fully saturated rings. The molecule has 0 saturated carbocycles. The van der Waals surface area contributed by atoms with E-state index >= 15 is 0 Å². The second-order valence-corrected chi connectivity index (χ2v) is 4.59. The summed E-state index contributed by atoms with van der Waals surface area (Å²) in [6.45, 7) is 4.55. The third kappa shape index (κ3) is 1.72. The average Bonchev–Trinajstić information content (AvgIpc) is 3.03. The highest BCUT2D eigenvalue weighted by atomic mass is 15.3. The minimum atomic E-state index is 1.10. The molecule has 4 nitrogen and oxygen atoms in total. The van der Waals surface area contributed by atoms with E-state index in [4.69, 9.17) is 0 Å². The summed E-state index contributed by atoms with van der Waals surface area (Å²) in [6.07, 6.45) is 8.78. The lowest BCUT2D eigenvalue weighted by atomic mass is 10.4. The van der Waals surface area contributed by atoms with E-state index in [9.17, 15) is 0 Å². The second kappa shape index (κ2) is 4.28. The molecule has 0 atom stereocenters. The van der Waals surface area contributed by atoms with Crippen LogP contribution in [0.3, 0.4) is 0 Å². The Morgan fingerprint density at radius 3 is 1.44 bits per heavy atom. The van der Waals surface area contributed by atoms with Crippen LogP contribution in [-0.4, -0.2) is 36.1 Å². The lowest BCUT2D eigenvalue weighted by molar-refractivity contribution is 0.878. The van der Waals surface area contributed by atoms with E-state index in [0.29, 0.717) is 0 Å². The van der Waals surface area contributed by atoms with E-state index < -0.39 is 0 Å². The molecule has 0 spiro atoms. The minimum Gasteiger partial charge on any atom is -0.354 e. The van der Waals surface area contributed by atoms with Gasteiger partial charge in [-0.05, 0) is 25.7 Å². The average molecular weight is 218 g/mol. The fourth-order valence-electron chi connectivity index (χ4n) is 2.63. The summed E-state index contributed by atoms with van der Waals surface area (Å²) in [6, 6.07) is 0. The first-order chi connectivity index (χ1) is 7.95. The fourth-order valence-corrected chi connectivity index (χ4v) is 2.63. The Labute approximate surface area is 96.3 Å². The molecule has 3 heterocycles. The molecule has 0 N–H and O–H groups in total. The standard InChI is InChI=1S/C12H18N4/c1-2-8-15(7-1)11-12(14-6-5-13-11)16-9-3-4-10-16/h5-6H,1-4,7-10H2. The minimum absolute atomic E-state index is 1.10. The van der Waals surface area contributed by atoms with Gasteiger partial charge in [0.2, 0.25) is 0 Å². The molecule has 1 aromatic heterocycles. The maximum Gasteiger partial charge on any atom is 0.171 e. The van der Waals surface area contributed by atoms with Gasteiger partial charge in [0.15, 0.2) is 11.6 Å². The molecular formula is C12H18N4. The Morgan fingerprint density at radius 1 is 0.688 bits per heavy atom. The summed E-state index contributed by atoms with van der Waals surface area (Å²) >= 11 is 0. The zero-order chi connectivity index (χ0) is 10.8. The number of rotatable bonds is 2. The number of anilines is 2. The molecule has 2 saturated heterocycles. The second-order valence-electron chi connectivity index (χ2n) is 4.59. The van der Waals surface area contributed by atoms with Crippen LogP contribution >= 0.6 is 0 Å². The molecule has 0 unspecified atom stereocenters. The Kier molecular flexibility index (Phi) is 2.64. The Balaban J connectivity index is 1.90. The van der Waals surface area contributed by atoms with E-state index in [-0.39, 0.29) is 0 Å². The molecule has 16 heavy (non-hydrogen) atoms. The monoisotopic (exact) mass is 218 g/mol. The first-order valence-electron chi connectivity index (χ1n) is 6.26. The molecule has 0 aliphatic carbocycles. The Hall–Kier alpha value is -1.32. The molecule has 1 aromatic rings. The summed E-state index contributed by atoms with van der Waals surface area (Å²) in [7, 11) is 0. The molecule has 3 rings (SSSR count). The van der Waals surface area contributed by atoms with Crippen molar-refractivity contribution >= 4 is 11.6 Å². The highest BCUT2D eigenvalue weighted by molar-refractivity contribution is 5.62. The zero-order valence-electron chi connectivity index (χ0n) is 9.60. The SMILES string of the molecule is c1cnc(N2CCCC2)c(N2CCCC2)n1. The number of hydrogen-bond donors (Lipinski definition) is 0. The van der Waals surface area contributed by atoms with Gasteiger partial charge in [-0.15, -0.1) is 0 Å². The van der Waals surface area contributed by atoms with Crippen molar-refractivity contribution in [3.8, 4) is 0 Å². The maximum absolute atomic E-state index is 4.53. The van der Waals surface area contributed by atoms with Crippen LogP contribution in [0.5, 0.6) is 0 Å². The first-order valence-corrected chi connectivity index (χ1v) is 6.26. The topological polar surface area (TPSA) is 32.3 Å². The molecule has 2 aliphatic rings. The van der Waals surface area contributed by atoms with Crippen molar-refractivity contribution in [3.63, 3.8) is 0 Å². The van der Waals surface area contributed by atoms with Crippen molar-refractivity contribution in [3.05, 3.63) is 12.4 Å². The molecule has 4 heteroatoms. The van der Waals surface area contributed by atoms with E-state index in [1.165, 1.54) is 25.7 Å². The van der Waals surface area contributed by atoms with Gasteiger partial charge < -0.3 is 9.80 Å². The maximum atomic E-state index is 4.53. The van der Waals surface area contributed by atoms with Crippen LogP contribution in [0, 0.1) is 0 Å². The third-order valence-electron chi connectivity index (χ3n) is 3.47. The highest BCUT2D eigenvalue weighted by Gasteiger charge is 2.22. The summed E-state index contributed by atoms with van der Waals surface area (Å²) in [5, 5.41) is 0. The van der Waals surface area contributed by atoms with Crippen LogP contribution in [0.15, 0.2) is 12.4 Å². The number of nitrogens with zero attached hydrogens (tertiary/aromatic N) is 4. The summed E-state index contributed by atoms with van der Waals surface area (Å²) < 4.78 is 0. The number of aromatic nitrogens is 2. The van der Waals surface area contributed by atoms with Crippen molar-refractivity contribution in [2.45, 2.75) is 25.7 Å². The van der Waals surface area contributed by atoms with Gasteiger partial charge in [0.25, 0.3) is 0 Å². The lowest BCUT2D eigenvalue weighted by Gasteiger charge is -2.24. The van der Waals surface area contributed by atoms with Crippen LogP contribution < -0.4 is 9.80 Å². The summed E-state index contributed by atoms with van der Waals surface area (Å²) in [4.78, 5) is 13.8. The number of hydrogen-bond acceptors (Lipinski definition) is 4. The summed E-state index contributed by atoms with van der Waals surface area (Å²) in [5.41, 5.74) is 0. The quantitative estimate of drug-likeness (QED) is 0.756. The van der Waals surface area contributed by atoms with Crippen molar-refractivity contribution < 1.29 is 0 Å². The van der Waals surface area contributed by atoms with E-state index in [1.807, 2.05) is 12.4 Å². The third-order valence-corrected chi connectivity index (χ3v) is 3.47. The van der Waals surface area contributed by atoms with Gasteiger partial charge >= 0.3 is 0 Å². The largest absolute Gasteiger partial charge is 0.354 e. The molecule has 0 radical (unpaired) electrons. The van der Waals surface area contributed by atoms with Gasteiger partial charge in [-0.3, -0.25) is 0 Å². The van der Waals surface area contributed by atoms with Crippen molar-refractivity contribution in [1.82, 2.24) is 9.97 Å². The van der Waals surface area contributed by atoms with E-state index in [0.717, 1.165) is 37.8 Å². The first kappa shape index (κ1) is 9.87. The molecule has 86 valence electrons. The van der Waals surface area contributed by atoms with Gasteiger partial charge in [-0.2, -0.15) is 0 Å². The van der Waals surface area contributed by atoms with Gasteiger partial charge in [-0.1, -0.05) is 0 Å². The van der Waals surface area contributed by atoms with Crippen LogP contribution in [0.1, 0.15) is 25.7 Å². The lowest BCUT2D eigenvalue weighted by Crippen LogP contribution is -2.26. The van der Waals surface area contributed by atoms with E-state index in [1.54, 1.807) is 0 Å². The fraction of sp³-hybridized carbons (Fsp3) is 0.667. The van der Waals surface area contributed by atoms with E-state index in [2.05, 4.69) is 19.8 Å². The van der Waals surface area contributed by atoms with Gasteiger partial charge in [0.05, 0.1) is 0 Å². The van der Waals surface area contributed by atoms with Crippen LogP contribution in [0.2, 0.25) is 0 Å². The highest BCUT2D eigenvalue weighted by Crippen LogP contribution is 2.29. The van der Waals surface area contributed by atoms with Gasteiger partial charge in [0, 0.05) is 38.6 Å². The predicted octanol–water partition coefficient (Wildman–Crippen LogP) is 1.68. The predicted molar refractivity (Wildman–Crippen MR) is 64.9 cm³/mol. The molecule has 0 aromatic carbocycles. The van der Waals surface area contributed by atoms with Gasteiger partial charge in [-0.25, -0.2) is 9.97 Å². The molecule has 0 bridgehead atoms. The molecule has 0 amide bonds. The van der Waals surface area contributed by atoms with Crippen LogP contribution in [0.4, 0.5) is 11.6 Å². The Morgan fingerprint density at radius 2 is 1.06 bits per heavy atom. The van der Waals surface area contributed by atoms with Crippen molar-refractivity contribution in [1.29, 1.82) is 0 Å². The van der Waals surface area contributed by atoms with Crippen LogP contribution in [0.25, 0.3) is 0 Å². The normalized spacial score (nSPS) is 20.8.